The fourth-order valence-corrected chi connectivity index (χ4v) is 5.32. The number of phosphoric acid groups is 1. The molecular weight excluding hydrogens is 725 g/mol. The van der Waals surface area contributed by atoms with Crippen LogP contribution in [-0.2, 0) is 32.7 Å². The Morgan fingerprint density at radius 1 is 0.554 bits per heavy atom. The lowest BCUT2D eigenvalue weighted by molar-refractivity contribution is -0.870. The highest BCUT2D eigenvalue weighted by Gasteiger charge is 2.27. The molecule has 0 aliphatic carbocycles. The van der Waals surface area contributed by atoms with Crippen LogP contribution in [-0.4, -0.2) is 74.9 Å². The Morgan fingerprint density at radius 3 is 1.45 bits per heavy atom. The van der Waals surface area contributed by atoms with Gasteiger partial charge in [0.05, 0.1) is 27.7 Å². The number of quaternary nitrogens is 1. The predicted molar refractivity (Wildman–Crippen MR) is 233 cm³/mol. The molecule has 314 valence electrons. The van der Waals surface area contributed by atoms with E-state index < -0.39 is 32.5 Å². The number of likely N-dealkylation sites (N-methyl/N-ethyl adjacent to an activating group) is 1. The van der Waals surface area contributed by atoms with Crippen molar-refractivity contribution in [3.63, 3.8) is 0 Å². The first-order valence-electron chi connectivity index (χ1n) is 20.4. The number of allylic oxidation sites excluding steroid dienone is 20. The molecule has 0 saturated carbocycles. The van der Waals surface area contributed by atoms with Crippen LogP contribution in [0.3, 0.4) is 0 Å². The van der Waals surface area contributed by atoms with E-state index in [0.29, 0.717) is 23.9 Å². The number of phosphoric ester groups is 1. The highest BCUT2D eigenvalue weighted by molar-refractivity contribution is 7.47. The maximum absolute atomic E-state index is 12.6. The average Bonchev–Trinajstić information content (AvgIpc) is 3.15. The van der Waals surface area contributed by atoms with E-state index in [1.54, 1.807) is 0 Å². The molecule has 0 bridgehead atoms. The second-order valence-corrected chi connectivity index (χ2v) is 15.6. The van der Waals surface area contributed by atoms with Gasteiger partial charge in [0.15, 0.2) is 6.10 Å². The van der Waals surface area contributed by atoms with E-state index in [1.165, 1.54) is 0 Å². The normalized spacial score (nSPS) is 14.9. The van der Waals surface area contributed by atoms with Crippen LogP contribution in [0.25, 0.3) is 0 Å². The lowest BCUT2D eigenvalue weighted by Gasteiger charge is -2.24. The Balaban J connectivity index is 4.57. The van der Waals surface area contributed by atoms with Gasteiger partial charge in [-0.2, -0.15) is 0 Å². The Kier molecular flexibility index (Phi) is 34.6. The SMILES string of the molecule is CC/C=C/C=C/C=C/C=C/C=C/C=C/C=C/CCCCCC(=O)OCC(COP(=O)(O)OCC[N+](C)(C)C)OC(=O)CCCCCCC/C=C/C=C/C=C/CC. The molecule has 0 aromatic carbocycles. The van der Waals surface area contributed by atoms with Gasteiger partial charge in [-0.1, -0.05) is 161 Å². The van der Waals surface area contributed by atoms with Crippen LogP contribution in [0.1, 0.15) is 104 Å². The van der Waals surface area contributed by atoms with Crippen LogP contribution >= 0.6 is 7.82 Å². The molecule has 10 heteroatoms. The average molecular weight is 799 g/mol. The summed E-state index contributed by atoms with van der Waals surface area (Å²) in [5.41, 5.74) is 0. The molecule has 0 aliphatic rings. The minimum absolute atomic E-state index is 0.0110. The van der Waals surface area contributed by atoms with Gasteiger partial charge >= 0.3 is 19.8 Å². The van der Waals surface area contributed by atoms with E-state index in [2.05, 4.69) is 44.2 Å². The first kappa shape index (κ1) is 52.4. The number of esters is 2. The fraction of sp³-hybridized carbons (Fsp3) is 0.522. The molecule has 2 atom stereocenters. The maximum Gasteiger partial charge on any atom is 0.472 e. The van der Waals surface area contributed by atoms with Crippen molar-refractivity contribution in [2.45, 2.75) is 110 Å². The number of hydrogen-bond donors (Lipinski definition) is 1. The second kappa shape index (κ2) is 37.0. The number of rotatable bonds is 34. The van der Waals surface area contributed by atoms with Crippen molar-refractivity contribution in [1.29, 1.82) is 0 Å². The van der Waals surface area contributed by atoms with Crippen LogP contribution < -0.4 is 0 Å². The molecule has 0 aliphatic heterocycles. The van der Waals surface area contributed by atoms with Crippen molar-refractivity contribution < 1.29 is 42.1 Å². The molecule has 0 saturated heterocycles. The van der Waals surface area contributed by atoms with Crippen molar-refractivity contribution in [2.24, 2.45) is 0 Å². The van der Waals surface area contributed by atoms with Crippen molar-refractivity contribution in [3.05, 3.63) is 122 Å². The molecule has 0 radical (unpaired) electrons. The van der Waals surface area contributed by atoms with Crippen LogP contribution in [0, 0.1) is 0 Å². The van der Waals surface area contributed by atoms with Crippen LogP contribution in [0.2, 0.25) is 0 Å². The van der Waals surface area contributed by atoms with Crippen LogP contribution in [0.15, 0.2) is 122 Å². The zero-order valence-electron chi connectivity index (χ0n) is 35.1. The molecule has 9 nitrogen and oxygen atoms in total. The molecule has 0 rings (SSSR count). The first-order valence-corrected chi connectivity index (χ1v) is 21.9. The van der Waals surface area contributed by atoms with E-state index in [0.717, 1.165) is 64.2 Å². The highest BCUT2D eigenvalue weighted by atomic mass is 31.2. The summed E-state index contributed by atoms with van der Waals surface area (Å²) in [6.45, 7) is 4.01. The van der Waals surface area contributed by atoms with Gasteiger partial charge in [-0.3, -0.25) is 18.6 Å². The minimum atomic E-state index is -4.40. The van der Waals surface area contributed by atoms with Crippen molar-refractivity contribution in [2.75, 3.05) is 47.5 Å². The molecule has 2 unspecified atom stereocenters. The lowest BCUT2D eigenvalue weighted by atomic mass is 10.1. The second-order valence-electron chi connectivity index (χ2n) is 14.2. The van der Waals surface area contributed by atoms with E-state index >= 15 is 0 Å². The molecule has 0 amide bonds. The summed E-state index contributed by atoms with van der Waals surface area (Å²) in [7, 11) is 1.40. The van der Waals surface area contributed by atoms with Gasteiger partial charge in [-0.25, -0.2) is 4.57 Å². The number of unbranched alkanes of at least 4 members (excludes halogenated alkanes) is 8. The van der Waals surface area contributed by atoms with Crippen LogP contribution in [0.4, 0.5) is 0 Å². The maximum atomic E-state index is 12.6. The van der Waals surface area contributed by atoms with Gasteiger partial charge in [0.2, 0.25) is 0 Å². The van der Waals surface area contributed by atoms with E-state index in [4.69, 9.17) is 18.5 Å². The van der Waals surface area contributed by atoms with Crippen molar-refractivity contribution >= 4 is 19.8 Å². The van der Waals surface area contributed by atoms with Gasteiger partial charge in [-0.05, 0) is 51.4 Å². The van der Waals surface area contributed by atoms with E-state index in [-0.39, 0.29) is 26.1 Å². The van der Waals surface area contributed by atoms with Crippen molar-refractivity contribution in [3.8, 4) is 0 Å². The number of ether oxygens (including phenoxy) is 2. The molecule has 1 N–H and O–H groups in total. The molecular formula is C46H73NO8P+. The quantitative estimate of drug-likeness (QED) is 0.0225. The summed E-state index contributed by atoms with van der Waals surface area (Å²) in [5.74, 6) is -0.893. The summed E-state index contributed by atoms with van der Waals surface area (Å²) in [6.07, 6.45) is 51.0. The van der Waals surface area contributed by atoms with Gasteiger partial charge in [0.1, 0.15) is 19.8 Å². The van der Waals surface area contributed by atoms with Gasteiger partial charge < -0.3 is 18.9 Å². The molecule has 0 aromatic rings. The van der Waals surface area contributed by atoms with Gasteiger partial charge in [-0.15, -0.1) is 0 Å². The topological polar surface area (TPSA) is 108 Å². The first-order chi connectivity index (χ1) is 27.0. The van der Waals surface area contributed by atoms with Gasteiger partial charge in [0.25, 0.3) is 0 Å². The lowest BCUT2D eigenvalue weighted by Crippen LogP contribution is -2.37. The Morgan fingerprint density at radius 2 is 0.964 bits per heavy atom. The van der Waals surface area contributed by atoms with Crippen molar-refractivity contribution in [1.82, 2.24) is 0 Å². The fourth-order valence-electron chi connectivity index (χ4n) is 4.58. The predicted octanol–water partition coefficient (Wildman–Crippen LogP) is 11.3. The summed E-state index contributed by atoms with van der Waals surface area (Å²) in [4.78, 5) is 35.3. The number of carbonyl (C=O) groups is 2. The monoisotopic (exact) mass is 799 g/mol. The number of hydrogen-bond acceptors (Lipinski definition) is 7. The number of nitrogens with zero attached hydrogens (tertiary/aromatic N) is 1. The molecule has 0 fully saturated rings. The summed E-state index contributed by atoms with van der Waals surface area (Å²) in [5, 5.41) is 0. The minimum Gasteiger partial charge on any atom is -0.462 e. The highest BCUT2D eigenvalue weighted by Crippen LogP contribution is 2.43. The smallest absolute Gasteiger partial charge is 0.462 e. The van der Waals surface area contributed by atoms with E-state index in [9.17, 15) is 19.0 Å². The zero-order valence-corrected chi connectivity index (χ0v) is 35.9. The summed E-state index contributed by atoms with van der Waals surface area (Å²) in [6, 6.07) is 0. The Bertz CT molecular complexity index is 1360. The number of carbonyl (C=O) groups excluding carboxylic acids is 2. The summed E-state index contributed by atoms with van der Waals surface area (Å²) >= 11 is 0. The summed E-state index contributed by atoms with van der Waals surface area (Å²) < 4.78 is 34.1. The molecule has 0 spiro atoms. The third kappa shape index (κ3) is 40.1. The molecule has 56 heavy (non-hydrogen) atoms. The Hall–Kier alpha value is -3.59. The molecule has 0 heterocycles. The van der Waals surface area contributed by atoms with Crippen LogP contribution in [0.5, 0.6) is 0 Å². The zero-order chi connectivity index (χ0) is 41.4. The van der Waals surface area contributed by atoms with E-state index in [1.807, 2.05) is 112 Å². The Labute approximate surface area is 339 Å². The molecule has 0 aromatic heterocycles. The largest absolute Gasteiger partial charge is 0.472 e. The van der Waals surface area contributed by atoms with Gasteiger partial charge in [0, 0.05) is 12.8 Å². The standard InChI is InChI=1S/C46H72NO8P/c1-6-8-10-12-14-16-18-20-21-22-23-24-25-27-28-30-32-34-36-38-45(48)52-42-44(43-54-56(50,51)53-41-40-47(3,4)5)55-46(49)39-37-35-33-31-29-26-19-17-15-13-11-9-7-2/h8-25,27-28,44H,6-7,26,29-43H2,1-5H3/p+1/b10-8+,11-9+,14-12+,15-13+,18-16+,19-17+,21-20+,23-22+,25-24+,28-27+. The third-order valence-electron chi connectivity index (χ3n) is 7.74. The third-order valence-corrected chi connectivity index (χ3v) is 8.73.